The summed E-state index contributed by atoms with van der Waals surface area (Å²) in [7, 11) is 0. The third-order valence-electron chi connectivity index (χ3n) is 4.16. The van der Waals surface area contributed by atoms with Crippen molar-refractivity contribution < 1.29 is 4.79 Å². The molecule has 0 saturated heterocycles. The summed E-state index contributed by atoms with van der Waals surface area (Å²) in [5.41, 5.74) is 6.76. The van der Waals surface area contributed by atoms with E-state index in [9.17, 15) is 4.79 Å². The Hall–Kier alpha value is -1.35. The van der Waals surface area contributed by atoms with Crippen molar-refractivity contribution in [3.8, 4) is 0 Å². The predicted molar refractivity (Wildman–Crippen MR) is 82.2 cm³/mol. The number of nitrogens with one attached hydrogen (secondary N) is 1. The molecule has 3 N–H and O–H groups in total. The molecule has 110 valence electrons. The van der Waals surface area contributed by atoms with Gasteiger partial charge in [-0.1, -0.05) is 57.0 Å². The van der Waals surface area contributed by atoms with Crippen molar-refractivity contribution >= 4 is 5.91 Å². The summed E-state index contributed by atoms with van der Waals surface area (Å²) in [5, 5.41) is 3.18. The molecule has 1 atom stereocenters. The van der Waals surface area contributed by atoms with Gasteiger partial charge in [-0.05, 0) is 30.7 Å². The van der Waals surface area contributed by atoms with Gasteiger partial charge in [0.05, 0.1) is 11.6 Å². The lowest BCUT2D eigenvalue weighted by molar-refractivity contribution is -0.127. The molecule has 3 heteroatoms. The number of hydrogen-bond acceptors (Lipinski definition) is 2. The maximum absolute atomic E-state index is 12.5. The molecule has 0 aromatic heterocycles. The molecule has 1 aromatic carbocycles. The molecule has 1 fully saturated rings. The average Bonchev–Trinajstić information content (AvgIpc) is 2.87. The molecule has 0 aliphatic heterocycles. The van der Waals surface area contributed by atoms with E-state index < -0.39 is 5.54 Å². The summed E-state index contributed by atoms with van der Waals surface area (Å²) in [6.07, 6.45) is 4.67. The van der Waals surface area contributed by atoms with Crippen molar-refractivity contribution in [1.82, 2.24) is 5.32 Å². The van der Waals surface area contributed by atoms with Crippen LogP contribution in [0.1, 0.15) is 57.6 Å². The standard InChI is InChI=1S/C17H26N2O/c1-13(2)12-15(14-8-4-3-5-9-14)19-16(20)17(18)10-6-7-11-17/h3-5,8-9,13,15H,6-7,10-12,18H2,1-2H3,(H,19,20). The summed E-state index contributed by atoms with van der Waals surface area (Å²) < 4.78 is 0. The van der Waals surface area contributed by atoms with Crippen molar-refractivity contribution in [2.24, 2.45) is 11.7 Å². The van der Waals surface area contributed by atoms with Gasteiger partial charge in [-0.2, -0.15) is 0 Å². The third-order valence-corrected chi connectivity index (χ3v) is 4.16. The lowest BCUT2D eigenvalue weighted by Gasteiger charge is -2.28. The molecule has 1 amide bonds. The van der Waals surface area contributed by atoms with Gasteiger partial charge >= 0.3 is 0 Å². The molecular weight excluding hydrogens is 248 g/mol. The van der Waals surface area contributed by atoms with Gasteiger partial charge in [0.25, 0.3) is 0 Å². The Morgan fingerprint density at radius 2 is 1.85 bits per heavy atom. The van der Waals surface area contributed by atoms with Gasteiger partial charge in [-0.15, -0.1) is 0 Å². The Morgan fingerprint density at radius 1 is 1.25 bits per heavy atom. The summed E-state index contributed by atoms with van der Waals surface area (Å²) in [6.45, 7) is 4.35. The predicted octanol–water partition coefficient (Wildman–Crippen LogP) is 3.16. The Labute approximate surface area is 121 Å². The topological polar surface area (TPSA) is 55.1 Å². The quantitative estimate of drug-likeness (QED) is 0.866. The SMILES string of the molecule is CC(C)CC(NC(=O)C1(N)CCCC1)c1ccccc1. The van der Waals surface area contributed by atoms with Gasteiger partial charge in [0, 0.05) is 0 Å². The van der Waals surface area contributed by atoms with Crippen LogP contribution >= 0.6 is 0 Å². The van der Waals surface area contributed by atoms with Gasteiger partial charge in [-0.25, -0.2) is 0 Å². The fourth-order valence-corrected chi connectivity index (χ4v) is 2.97. The van der Waals surface area contributed by atoms with E-state index >= 15 is 0 Å². The highest BCUT2D eigenvalue weighted by Crippen LogP contribution is 2.29. The molecule has 3 nitrogen and oxygen atoms in total. The van der Waals surface area contributed by atoms with Crippen LogP contribution in [0.2, 0.25) is 0 Å². The van der Waals surface area contributed by atoms with Gasteiger partial charge in [-0.3, -0.25) is 4.79 Å². The third kappa shape index (κ3) is 3.60. The number of nitrogens with two attached hydrogens (primary N) is 1. The minimum Gasteiger partial charge on any atom is -0.348 e. The van der Waals surface area contributed by atoms with E-state index in [0.717, 1.165) is 37.7 Å². The molecule has 20 heavy (non-hydrogen) atoms. The van der Waals surface area contributed by atoms with Crippen LogP contribution in [0.15, 0.2) is 30.3 Å². The van der Waals surface area contributed by atoms with Crippen LogP contribution in [0.25, 0.3) is 0 Å². The molecule has 0 bridgehead atoms. The second-order valence-corrected chi connectivity index (χ2v) is 6.43. The summed E-state index contributed by atoms with van der Waals surface area (Å²) >= 11 is 0. The molecule has 0 spiro atoms. The van der Waals surface area contributed by atoms with E-state index in [1.54, 1.807) is 0 Å². The second-order valence-electron chi connectivity index (χ2n) is 6.43. The van der Waals surface area contributed by atoms with Crippen LogP contribution < -0.4 is 11.1 Å². The Morgan fingerprint density at radius 3 is 2.40 bits per heavy atom. The van der Waals surface area contributed by atoms with Crippen LogP contribution in [0.4, 0.5) is 0 Å². The van der Waals surface area contributed by atoms with Gasteiger partial charge in [0.2, 0.25) is 5.91 Å². The second kappa shape index (κ2) is 6.40. The fraction of sp³-hybridized carbons (Fsp3) is 0.588. The normalized spacial score (nSPS) is 19.0. The first kappa shape index (κ1) is 15.0. The number of rotatable bonds is 5. The monoisotopic (exact) mass is 274 g/mol. The minimum atomic E-state index is -0.649. The van der Waals surface area contributed by atoms with E-state index in [4.69, 9.17) is 5.73 Å². The van der Waals surface area contributed by atoms with E-state index in [0.29, 0.717) is 5.92 Å². The van der Waals surface area contributed by atoms with Crippen LogP contribution in [0.3, 0.4) is 0 Å². The maximum atomic E-state index is 12.5. The molecule has 1 saturated carbocycles. The lowest BCUT2D eigenvalue weighted by atomic mass is 9.93. The zero-order chi connectivity index (χ0) is 14.6. The first-order valence-corrected chi connectivity index (χ1v) is 7.66. The minimum absolute atomic E-state index is 0.0181. The zero-order valence-corrected chi connectivity index (χ0v) is 12.6. The summed E-state index contributed by atoms with van der Waals surface area (Å²) in [6, 6.07) is 10.2. The summed E-state index contributed by atoms with van der Waals surface area (Å²) in [4.78, 5) is 12.5. The van der Waals surface area contributed by atoms with E-state index in [2.05, 4.69) is 31.3 Å². The van der Waals surface area contributed by atoms with E-state index in [-0.39, 0.29) is 11.9 Å². The van der Waals surface area contributed by atoms with Crippen molar-refractivity contribution in [2.75, 3.05) is 0 Å². The zero-order valence-electron chi connectivity index (χ0n) is 12.6. The van der Waals surface area contributed by atoms with Crippen LogP contribution in [-0.2, 0) is 4.79 Å². The first-order valence-electron chi connectivity index (χ1n) is 7.66. The van der Waals surface area contributed by atoms with Crippen molar-refractivity contribution in [3.63, 3.8) is 0 Å². The fourth-order valence-electron chi connectivity index (χ4n) is 2.97. The summed E-state index contributed by atoms with van der Waals surface area (Å²) in [5.74, 6) is 0.544. The number of amides is 1. The highest BCUT2D eigenvalue weighted by molar-refractivity contribution is 5.86. The largest absolute Gasteiger partial charge is 0.348 e. The van der Waals surface area contributed by atoms with E-state index in [1.807, 2.05) is 18.2 Å². The molecule has 0 heterocycles. The van der Waals surface area contributed by atoms with E-state index in [1.165, 1.54) is 0 Å². The van der Waals surface area contributed by atoms with Crippen LogP contribution in [-0.4, -0.2) is 11.4 Å². The molecule has 1 aliphatic carbocycles. The lowest BCUT2D eigenvalue weighted by Crippen LogP contribution is -2.52. The molecule has 1 aromatic rings. The Bertz CT molecular complexity index is 436. The van der Waals surface area contributed by atoms with Gasteiger partial charge in [0.1, 0.15) is 0 Å². The average molecular weight is 274 g/mol. The highest BCUT2D eigenvalue weighted by Gasteiger charge is 2.37. The van der Waals surface area contributed by atoms with Crippen molar-refractivity contribution in [1.29, 1.82) is 0 Å². The van der Waals surface area contributed by atoms with Gasteiger partial charge in [0.15, 0.2) is 0 Å². The molecular formula is C17H26N2O. The maximum Gasteiger partial charge on any atom is 0.240 e. The highest BCUT2D eigenvalue weighted by atomic mass is 16.2. The van der Waals surface area contributed by atoms with Crippen LogP contribution in [0.5, 0.6) is 0 Å². The number of benzene rings is 1. The number of hydrogen-bond donors (Lipinski definition) is 2. The Balaban J connectivity index is 2.10. The number of carbonyl (C=O) groups is 1. The molecule has 1 unspecified atom stereocenters. The smallest absolute Gasteiger partial charge is 0.240 e. The first-order chi connectivity index (χ1) is 9.51. The molecule has 0 radical (unpaired) electrons. The molecule has 1 aliphatic rings. The number of carbonyl (C=O) groups excluding carboxylic acids is 1. The Kier molecular flexibility index (Phi) is 4.81. The van der Waals surface area contributed by atoms with Gasteiger partial charge < -0.3 is 11.1 Å². The van der Waals surface area contributed by atoms with Crippen LogP contribution in [0, 0.1) is 5.92 Å². The van der Waals surface area contributed by atoms with Crippen molar-refractivity contribution in [2.45, 2.75) is 57.5 Å². The molecule has 2 rings (SSSR count). The van der Waals surface area contributed by atoms with Crippen molar-refractivity contribution in [3.05, 3.63) is 35.9 Å².